The topological polar surface area (TPSA) is 32.3 Å². The smallest absolute Gasteiger partial charge is 0.225 e. The van der Waals surface area contributed by atoms with Crippen LogP contribution >= 0.6 is 0 Å². The first kappa shape index (κ1) is 15.4. The van der Waals surface area contributed by atoms with Crippen molar-refractivity contribution in [2.45, 2.75) is 38.8 Å². The highest BCUT2D eigenvalue weighted by Gasteiger charge is 2.36. The first-order valence-electron chi connectivity index (χ1n) is 8.00. The molecule has 1 aliphatic carbocycles. The van der Waals surface area contributed by atoms with Gasteiger partial charge in [0.2, 0.25) is 5.91 Å². The molecule has 1 N–H and O–H groups in total. The van der Waals surface area contributed by atoms with Crippen molar-refractivity contribution >= 4 is 5.91 Å². The molecule has 120 valence electrons. The van der Waals surface area contributed by atoms with Gasteiger partial charge < -0.3 is 10.2 Å². The van der Waals surface area contributed by atoms with E-state index in [2.05, 4.69) is 12.2 Å². The molecule has 1 aromatic rings. The van der Waals surface area contributed by atoms with E-state index in [1.54, 1.807) is 6.07 Å². The second-order valence-corrected chi connectivity index (χ2v) is 6.56. The van der Waals surface area contributed by atoms with Crippen LogP contribution in [0.5, 0.6) is 0 Å². The van der Waals surface area contributed by atoms with E-state index in [1.165, 1.54) is 6.07 Å². The Labute approximate surface area is 129 Å². The zero-order valence-corrected chi connectivity index (χ0v) is 12.8. The van der Waals surface area contributed by atoms with Crippen LogP contribution in [0.25, 0.3) is 0 Å². The van der Waals surface area contributed by atoms with Crippen molar-refractivity contribution in [3.8, 4) is 0 Å². The summed E-state index contributed by atoms with van der Waals surface area (Å²) in [5.41, 5.74) is 0.739. The monoisotopic (exact) mass is 308 g/mol. The second-order valence-electron chi connectivity index (χ2n) is 6.56. The molecule has 1 heterocycles. The van der Waals surface area contributed by atoms with Gasteiger partial charge in [-0.25, -0.2) is 8.78 Å². The number of carbonyl (C=O) groups is 1. The molecule has 2 fully saturated rings. The zero-order chi connectivity index (χ0) is 15.7. The molecule has 0 bridgehead atoms. The Morgan fingerprint density at radius 3 is 2.68 bits per heavy atom. The van der Waals surface area contributed by atoms with Gasteiger partial charge in [0, 0.05) is 31.6 Å². The minimum Gasteiger partial charge on any atom is -0.342 e. The lowest BCUT2D eigenvalue weighted by atomic mass is 9.93. The first-order chi connectivity index (χ1) is 10.5. The predicted octanol–water partition coefficient (Wildman–Crippen LogP) is 2.70. The maximum Gasteiger partial charge on any atom is 0.225 e. The van der Waals surface area contributed by atoms with Gasteiger partial charge in [-0.3, -0.25) is 4.79 Å². The summed E-state index contributed by atoms with van der Waals surface area (Å²) < 4.78 is 26.1. The quantitative estimate of drug-likeness (QED) is 0.927. The number of rotatable bonds is 4. The first-order valence-corrected chi connectivity index (χ1v) is 8.00. The average Bonchev–Trinajstić information content (AvgIpc) is 3.33. The summed E-state index contributed by atoms with van der Waals surface area (Å²) in [6, 6.07) is 4.30. The molecule has 22 heavy (non-hydrogen) atoms. The number of likely N-dealkylation sites (tertiary alicyclic amines) is 1. The highest BCUT2D eigenvalue weighted by molar-refractivity contribution is 5.81. The van der Waals surface area contributed by atoms with E-state index in [0.717, 1.165) is 44.0 Å². The van der Waals surface area contributed by atoms with Crippen molar-refractivity contribution in [1.82, 2.24) is 10.2 Å². The van der Waals surface area contributed by atoms with Crippen LogP contribution in [0.4, 0.5) is 8.78 Å². The van der Waals surface area contributed by atoms with Crippen LogP contribution in [0.2, 0.25) is 0 Å². The fourth-order valence-corrected chi connectivity index (χ4v) is 3.14. The summed E-state index contributed by atoms with van der Waals surface area (Å²) in [7, 11) is 0. The lowest BCUT2D eigenvalue weighted by Gasteiger charge is -2.37. The summed E-state index contributed by atoms with van der Waals surface area (Å²) >= 11 is 0. The third-order valence-corrected chi connectivity index (χ3v) is 4.70. The molecule has 5 heteroatoms. The molecular formula is C17H22F2N2O. The SMILES string of the molecule is CC1CN(C(=O)C2CC2)CCC1NCc1ccc(F)c(F)c1. The van der Waals surface area contributed by atoms with Crippen molar-refractivity contribution < 1.29 is 13.6 Å². The number of halogens is 2. The Kier molecular flexibility index (Phi) is 4.43. The highest BCUT2D eigenvalue weighted by Crippen LogP contribution is 2.32. The van der Waals surface area contributed by atoms with Crippen molar-refractivity contribution in [3.05, 3.63) is 35.4 Å². The molecule has 1 saturated carbocycles. The Morgan fingerprint density at radius 2 is 2.05 bits per heavy atom. The van der Waals surface area contributed by atoms with Crippen molar-refractivity contribution in [2.24, 2.45) is 11.8 Å². The molecule has 0 aromatic heterocycles. The molecule has 0 radical (unpaired) electrons. The fraction of sp³-hybridized carbons (Fsp3) is 0.588. The molecule has 2 aliphatic rings. The lowest BCUT2D eigenvalue weighted by molar-refractivity contribution is -0.134. The van der Waals surface area contributed by atoms with Crippen LogP contribution < -0.4 is 5.32 Å². The number of nitrogens with zero attached hydrogens (tertiary/aromatic N) is 1. The van der Waals surface area contributed by atoms with E-state index >= 15 is 0 Å². The third-order valence-electron chi connectivity index (χ3n) is 4.70. The van der Waals surface area contributed by atoms with Gasteiger partial charge in [-0.15, -0.1) is 0 Å². The Bertz CT molecular complexity index is 560. The fourth-order valence-electron chi connectivity index (χ4n) is 3.14. The number of nitrogens with one attached hydrogen (secondary N) is 1. The number of amides is 1. The molecule has 1 aromatic carbocycles. The summed E-state index contributed by atoms with van der Waals surface area (Å²) in [5.74, 6) is -0.673. The molecule has 3 rings (SSSR count). The number of hydrogen-bond acceptors (Lipinski definition) is 2. The van der Waals surface area contributed by atoms with Crippen molar-refractivity contribution in [3.63, 3.8) is 0 Å². The predicted molar refractivity (Wildman–Crippen MR) is 80.1 cm³/mol. The van der Waals surface area contributed by atoms with Crippen LogP contribution in [0.3, 0.4) is 0 Å². The zero-order valence-electron chi connectivity index (χ0n) is 12.8. The molecule has 1 saturated heterocycles. The molecule has 1 amide bonds. The molecular weight excluding hydrogens is 286 g/mol. The molecule has 1 aliphatic heterocycles. The van der Waals surface area contributed by atoms with Gasteiger partial charge in [0.05, 0.1) is 0 Å². The van der Waals surface area contributed by atoms with Gasteiger partial charge in [0.15, 0.2) is 11.6 Å². The minimum absolute atomic E-state index is 0.277. The van der Waals surface area contributed by atoms with Gasteiger partial charge in [0.1, 0.15) is 0 Å². The van der Waals surface area contributed by atoms with E-state index in [0.29, 0.717) is 24.4 Å². The third kappa shape index (κ3) is 3.46. The van der Waals surface area contributed by atoms with Crippen LogP contribution in [0, 0.1) is 23.5 Å². The maximum absolute atomic E-state index is 13.2. The number of carbonyl (C=O) groups excluding carboxylic acids is 1. The van der Waals surface area contributed by atoms with Gasteiger partial charge in [0.25, 0.3) is 0 Å². The number of hydrogen-bond donors (Lipinski definition) is 1. The van der Waals surface area contributed by atoms with E-state index in [-0.39, 0.29) is 5.92 Å². The standard InChI is InChI=1S/C17H22F2N2O/c1-11-10-21(17(22)13-3-4-13)7-6-16(11)20-9-12-2-5-14(18)15(19)8-12/h2,5,8,11,13,16,20H,3-4,6-7,9-10H2,1H3. The van der Waals surface area contributed by atoms with Crippen LogP contribution in [-0.4, -0.2) is 29.9 Å². The average molecular weight is 308 g/mol. The number of benzene rings is 1. The highest BCUT2D eigenvalue weighted by atomic mass is 19.2. The van der Waals surface area contributed by atoms with Gasteiger partial charge >= 0.3 is 0 Å². The Balaban J connectivity index is 1.51. The minimum atomic E-state index is -0.816. The van der Waals surface area contributed by atoms with E-state index < -0.39 is 11.6 Å². The summed E-state index contributed by atoms with van der Waals surface area (Å²) in [6.07, 6.45) is 2.99. The Morgan fingerprint density at radius 1 is 1.27 bits per heavy atom. The van der Waals surface area contributed by atoms with Crippen molar-refractivity contribution in [1.29, 1.82) is 0 Å². The lowest BCUT2D eigenvalue weighted by Crippen LogP contribution is -2.50. The van der Waals surface area contributed by atoms with Gasteiger partial charge in [-0.2, -0.15) is 0 Å². The van der Waals surface area contributed by atoms with E-state index in [1.807, 2.05) is 4.90 Å². The summed E-state index contributed by atoms with van der Waals surface area (Å²) in [4.78, 5) is 14.1. The van der Waals surface area contributed by atoms with Crippen LogP contribution in [0.1, 0.15) is 31.7 Å². The molecule has 0 spiro atoms. The van der Waals surface area contributed by atoms with Gasteiger partial charge in [-0.1, -0.05) is 13.0 Å². The normalized spacial score (nSPS) is 25.3. The summed E-state index contributed by atoms with van der Waals surface area (Å²) in [5, 5.41) is 3.41. The molecule has 2 atom stereocenters. The number of piperidine rings is 1. The van der Waals surface area contributed by atoms with Gasteiger partial charge in [-0.05, 0) is 42.9 Å². The summed E-state index contributed by atoms with van der Waals surface area (Å²) in [6.45, 7) is 4.22. The van der Waals surface area contributed by atoms with Crippen LogP contribution in [0.15, 0.2) is 18.2 Å². The maximum atomic E-state index is 13.2. The molecule has 2 unspecified atom stereocenters. The Hall–Kier alpha value is -1.49. The van der Waals surface area contributed by atoms with Crippen molar-refractivity contribution in [2.75, 3.05) is 13.1 Å². The second kappa shape index (κ2) is 6.32. The molecule has 3 nitrogen and oxygen atoms in total. The van der Waals surface area contributed by atoms with Crippen LogP contribution in [-0.2, 0) is 11.3 Å². The largest absolute Gasteiger partial charge is 0.342 e. The van der Waals surface area contributed by atoms with E-state index in [4.69, 9.17) is 0 Å². The van der Waals surface area contributed by atoms with E-state index in [9.17, 15) is 13.6 Å².